The van der Waals surface area contributed by atoms with Gasteiger partial charge < -0.3 is 14.8 Å². The normalized spacial score (nSPS) is 11.6. The van der Waals surface area contributed by atoms with E-state index < -0.39 is 5.38 Å². The van der Waals surface area contributed by atoms with Gasteiger partial charge in [-0.05, 0) is 36.8 Å². The zero-order valence-corrected chi connectivity index (χ0v) is 13.8. The average molecular weight is 334 g/mol. The van der Waals surface area contributed by atoms with Crippen LogP contribution in [0, 0.1) is 0 Å². The van der Waals surface area contributed by atoms with E-state index in [0.717, 1.165) is 17.1 Å². The molecule has 0 aromatic heterocycles. The number of alkyl halides is 1. The highest BCUT2D eigenvalue weighted by Crippen LogP contribution is 2.20. The molecule has 5 heteroatoms. The first-order valence-corrected chi connectivity index (χ1v) is 7.96. The van der Waals surface area contributed by atoms with Crippen molar-refractivity contribution in [1.29, 1.82) is 0 Å². The summed E-state index contributed by atoms with van der Waals surface area (Å²) in [5.74, 6) is 1.31. The predicted molar refractivity (Wildman–Crippen MR) is 91.2 cm³/mol. The number of benzene rings is 2. The molecule has 1 unspecified atom stereocenters. The fraction of sp³-hybridized carbons (Fsp3) is 0.278. The Bertz CT molecular complexity index is 601. The van der Waals surface area contributed by atoms with Gasteiger partial charge in [-0.15, -0.1) is 11.6 Å². The number of carbonyl (C=O) groups is 1. The lowest BCUT2D eigenvalue weighted by Gasteiger charge is -2.12. The monoisotopic (exact) mass is 333 g/mol. The largest absolute Gasteiger partial charge is 0.494 e. The third-order valence-electron chi connectivity index (χ3n) is 3.13. The molecule has 2 aromatic rings. The van der Waals surface area contributed by atoms with E-state index >= 15 is 0 Å². The summed E-state index contributed by atoms with van der Waals surface area (Å²) in [4.78, 5) is 12.0. The molecule has 0 saturated carbocycles. The van der Waals surface area contributed by atoms with Crippen molar-refractivity contribution in [3.8, 4) is 11.5 Å². The maximum atomic E-state index is 12.0. The minimum Gasteiger partial charge on any atom is -0.494 e. The van der Waals surface area contributed by atoms with E-state index in [0.29, 0.717) is 19.8 Å². The molecule has 4 nitrogen and oxygen atoms in total. The van der Waals surface area contributed by atoms with Crippen LogP contribution in [0.4, 0.5) is 0 Å². The van der Waals surface area contributed by atoms with E-state index in [1.54, 1.807) is 0 Å². The molecule has 23 heavy (non-hydrogen) atoms. The second-order valence-corrected chi connectivity index (χ2v) is 5.25. The van der Waals surface area contributed by atoms with E-state index in [2.05, 4.69) is 5.32 Å². The molecule has 0 radical (unpaired) electrons. The molecule has 0 bridgehead atoms. The van der Waals surface area contributed by atoms with Gasteiger partial charge in [0.2, 0.25) is 5.91 Å². The zero-order chi connectivity index (χ0) is 16.5. The summed E-state index contributed by atoms with van der Waals surface area (Å²) in [6, 6.07) is 16.6. The minimum atomic E-state index is -0.693. The van der Waals surface area contributed by atoms with Crippen LogP contribution < -0.4 is 14.8 Å². The number of hydrogen-bond acceptors (Lipinski definition) is 3. The summed E-state index contributed by atoms with van der Waals surface area (Å²) in [6.45, 7) is 3.33. The van der Waals surface area contributed by atoms with Gasteiger partial charge in [-0.2, -0.15) is 0 Å². The van der Waals surface area contributed by atoms with Gasteiger partial charge in [0.05, 0.1) is 13.2 Å². The van der Waals surface area contributed by atoms with Crippen LogP contribution in [0.2, 0.25) is 0 Å². The number of hydrogen-bond donors (Lipinski definition) is 1. The van der Waals surface area contributed by atoms with Gasteiger partial charge in [-0.25, -0.2) is 0 Å². The fourth-order valence-corrected chi connectivity index (χ4v) is 2.23. The number of ether oxygens (including phenoxy) is 2. The number of halogens is 1. The van der Waals surface area contributed by atoms with Crippen molar-refractivity contribution in [3.05, 3.63) is 60.2 Å². The highest BCUT2D eigenvalue weighted by molar-refractivity contribution is 6.30. The highest BCUT2D eigenvalue weighted by Gasteiger charge is 2.16. The van der Waals surface area contributed by atoms with Gasteiger partial charge in [-0.3, -0.25) is 4.79 Å². The number of carbonyl (C=O) groups excluding carboxylic acids is 1. The number of nitrogens with one attached hydrogen (secondary N) is 1. The molecular formula is C18H20ClNO3. The molecular weight excluding hydrogens is 314 g/mol. The summed E-state index contributed by atoms with van der Waals surface area (Å²) >= 11 is 6.13. The van der Waals surface area contributed by atoms with Crippen LogP contribution in [0.25, 0.3) is 0 Å². The van der Waals surface area contributed by atoms with Crippen molar-refractivity contribution in [2.75, 3.05) is 19.8 Å². The first-order valence-electron chi connectivity index (χ1n) is 7.53. The van der Waals surface area contributed by atoms with Gasteiger partial charge >= 0.3 is 0 Å². The Morgan fingerprint density at radius 1 is 1.04 bits per heavy atom. The van der Waals surface area contributed by atoms with Gasteiger partial charge in [0.1, 0.15) is 23.5 Å². The van der Waals surface area contributed by atoms with Crippen LogP contribution in [0.5, 0.6) is 11.5 Å². The molecule has 1 N–H and O–H groups in total. The zero-order valence-electron chi connectivity index (χ0n) is 13.0. The smallest absolute Gasteiger partial charge is 0.242 e. The van der Waals surface area contributed by atoms with Crippen molar-refractivity contribution in [3.63, 3.8) is 0 Å². The van der Waals surface area contributed by atoms with Crippen LogP contribution in [0.15, 0.2) is 54.6 Å². The molecule has 122 valence electrons. The lowest BCUT2D eigenvalue weighted by Crippen LogP contribution is -2.30. The molecule has 0 fully saturated rings. The maximum absolute atomic E-state index is 12.0. The third kappa shape index (κ3) is 5.49. The molecule has 0 aliphatic rings. The Balaban J connectivity index is 1.71. The Kier molecular flexibility index (Phi) is 6.76. The Morgan fingerprint density at radius 2 is 1.65 bits per heavy atom. The van der Waals surface area contributed by atoms with Crippen LogP contribution in [0.1, 0.15) is 17.9 Å². The topological polar surface area (TPSA) is 47.6 Å². The van der Waals surface area contributed by atoms with E-state index in [9.17, 15) is 4.79 Å². The highest BCUT2D eigenvalue weighted by atomic mass is 35.5. The van der Waals surface area contributed by atoms with Gasteiger partial charge in [0.15, 0.2) is 0 Å². The molecule has 0 spiro atoms. The lowest BCUT2D eigenvalue weighted by atomic mass is 10.1. The molecule has 0 heterocycles. The predicted octanol–water partition coefficient (Wildman–Crippen LogP) is 3.56. The van der Waals surface area contributed by atoms with E-state index in [1.165, 1.54) is 0 Å². The minimum absolute atomic E-state index is 0.229. The average Bonchev–Trinajstić information content (AvgIpc) is 2.60. The SMILES string of the molecule is CCOc1ccc(OCCNC(=O)C(Cl)c2ccccc2)cc1. The van der Waals surface area contributed by atoms with Gasteiger partial charge in [0, 0.05) is 0 Å². The molecule has 1 atom stereocenters. The number of rotatable bonds is 8. The van der Waals surface area contributed by atoms with Crippen molar-refractivity contribution in [1.82, 2.24) is 5.32 Å². The second-order valence-electron chi connectivity index (χ2n) is 4.82. The van der Waals surface area contributed by atoms with Gasteiger partial charge in [-0.1, -0.05) is 30.3 Å². The first kappa shape index (κ1) is 17.2. The van der Waals surface area contributed by atoms with Crippen LogP contribution in [-0.2, 0) is 4.79 Å². The van der Waals surface area contributed by atoms with Crippen LogP contribution >= 0.6 is 11.6 Å². The van der Waals surface area contributed by atoms with Crippen LogP contribution in [-0.4, -0.2) is 25.7 Å². The third-order valence-corrected chi connectivity index (χ3v) is 3.58. The van der Waals surface area contributed by atoms with Crippen molar-refractivity contribution < 1.29 is 14.3 Å². The quantitative estimate of drug-likeness (QED) is 0.593. The van der Waals surface area contributed by atoms with Crippen molar-refractivity contribution in [2.24, 2.45) is 0 Å². The standard InChI is InChI=1S/C18H20ClNO3/c1-2-22-15-8-10-16(11-9-15)23-13-12-20-18(21)17(19)14-6-4-3-5-7-14/h3-11,17H,2,12-13H2,1H3,(H,20,21). The molecule has 2 rings (SSSR count). The Hall–Kier alpha value is -2.20. The maximum Gasteiger partial charge on any atom is 0.242 e. The van der Waals surface area contributed by atoms with E-state index in [-0.39, 0.29) is 5.91 Å². The van der Waals surface area contributed by atoms with E-state index in [4.69, 9.17) is 21.1 Å². The molecule has 2 aromatic carbocycles. The summed E-state index contributed by atoms with van der Waals surface area (Å²) in [5.41, 5.74) is 0.777. The molecule has 1 amide bonds. The fourth-order valence-electron chi connectivity index (χ4n) is 2.00. The number of amides is 1. The second kappa shape index (κ2) is 9.06. The molecule has 0 aliphatic heterocycles. The lowest BCUT2D eigenvalue weighted by molar-refractivity contribution is -0.120. The molecule has 0 aliphatic carbocycles. The first-order chi connectivity index (χ1) is 11.2. The van der Waals surface area contributed by atoms with Crippen LogP contribution in [0.3, 0.4) is 0 Å². The summed E-state index contributed by atoms with van der Waals surface area (Å²) in [7, 11) is 0. The van der Waals surface area contributed by atoms with Crippen molar-refractivity contribution >= 4 is 17.5 Å². The summed E-state index contributed by atoms with van der Waals surface area (Å²) in [6.07, 6.45) is 0. The Labute approximate surface area is 141 Å². The van der Waals surface area contributed by atoms with Gasteiger partial charge in [0.25, 0.3) is 0 Å². The summed E-state index contributed by atoms with van der Waals surface area (Å²) < 4.78 is 10.9. The Morgan fingerprint density at radius 3 is 2.26 bits per heavy atom. The van der Waals surface area contributed by atoms with E-state index in [1.807, 2.05) is 61.5 Å². The van der Waals surface area contributed by atoms with Crippen molar-refractivity contribution in [2.45, 2.75) is 12.3 Å². The molecule has 0 saturated heterocycles. The summed E-state index contributed by atoms with van der Waals surface area (Å²) in [5, 5.41) is 2.07.